The van der Waals surface area contributed by atoms with E-state index in [1.165, 1.54) is 263 Å². The zero-order valence-electron chi connectivity index (χ0n) is 49.1. The summed E-state index contributed by atoms with van der Waals surface area (Å²) in [6.45, 7) is 4.93. The Hall–Kier alpha value is -1.92. The first-order valence-electron chi connectivity index (χ1n) is 32.7. The minimum absolute atomic E-state index is 0.00955. The first kappa shape index (κ1) is 71.1. The molecule has 0 aromatic rings. The van der Waals surface area contributed by atoms with E-state index in [-0.39, 0.29) is 18.5 Å². The fourth-order valence-electron chi connectivity index (χ4n) is 10.1. The molecule has 0 saturated carbocycles. The molecule has 3 N–H and O–H groups in total. The number of hydrogen-bond donors (Lipinski definition) is 3. The van der Waals surface area contributed by atoms with Crippen molar-refractivity contribution < 1.29 is 24.5 Å². The van der Waals surface area contributed by atoms with Crippen LogP contribution >= 0.6 is 0 Å². The van der Waals surface area contributed by atoms with E-state index in [9.17, 15) is 19.8 Å². The summed E-state index contributed by atoms with van der Waals surface area (Å²) in [6, 6.07) is -0.551. The number of rotatable bonds is 61. The van der Waals surface area contributed by atoms with E-state index in [0.717, 1.165) is 57.8 Å². The third kappa shape index (κ3) is 59.2. The zero-order chi connectivity index (χ0) is 52.9. The smallest absolute Gasteiger partial charge is 0.305 e. The molecule has 0 rings (SSSR count). The number of aliphatic hydroxyl groups is 2. The highest BCUT2D eigenvalue weighted by atomic mass is 16.5. The molecular weight excluding hydrogens is 899 g/mol. The largest absolute Gasteiger partial charge is 0.466 e. The van der Waals surface area contributed by atoms with Gasteiger partial charge in [-0.15, -0.1) is 0 Å². The number of hydrogen-bond acceptors (Lipinski definition) is 5. The SMILES string of the molecule is CCCCC/C=C\C/C=C\CCCCCCCC(=O)OCCCCCCCCCC/C=C\CCCCCCCCCC(=O)NC(CO)C(O)CCCCCCCCCCCCCCCCCCCCCCCC. The lowest BCUT2D eigenvalue weighted by molar-refractivity contribution is -0.143. The van der Waals surface area contributed by atoms with Crippen molar-refractivity contribution in [3.63, 3.8) is 0 Å². The van der Waals surface area contributed by atoms with Gasteiger partial charge in [-0.2, -0.15) is 0 Å². The van der Waals surface area contributed by atoms with Gasteiger partial charge in [-0.25, -0.2) is 0 Å². The fourth-order valence-corrected chi connectivity index (χ4v) is 10.1. The van der Waals surface area contributed by atoms with Crippen molar-refractivity contribution in [2.45, 2.75) is 366 Å². The molecule has 0 aliphatic carbocycles. The van der Waals surface area contributed by atoms with Crippen LogP contribution < -0.4 is 5.32 Å². The second-order valence-corrected chi connectivity index (χ2v) is 22.4. The minimum Gasteiger partial charge on any atom is -0.466 e. The zero-order valence-corrected chi connectivity index (χ0v) is 49.1. The Morgan fingerprint density at radius 1 is 0.384 bits per heavy atom. The average Bonchev–Trinajstić information content (AvgIpc) is 3.39. The third-order valence-electron chi connectivity index (χ3n) is 15.2. The van der Waals surface area contributed by atoms with Gasteiger partial charge in [-0.1, -0.05) is 294 Å². The van der Waals surface area contributed by atoms with Crippen LogP contribution in [0.25, 0.3) is 0 Å². The molecule has 430 valence electrons. The molecule has 0 bridgehead atoms. The van der Waals surface area contributed by atoms with Gasteiger partial charge in [0.25, 0.3) is 0 Å². The quantitative estimate of drug-likeness (QED) is 0.0320. The molecular formula is C67H127NO5. The van der Waals surface area contributed by atoms with Gasteiger partial charge in [0.2, 0.25) is 5.91 Å². The van der Waals surface area contributed by atoms with Gasteiger partial charge in [0.15, 0.2) is 0 Å². The van der Waals surface area contributed by atoms with Gasteiger partial charge >= 0.3 is 5.97 Å². The Morgan fingerprint density at radius 3 is 1.08 bits per heavy atom. The molecule has 0 heterocycles. The topological polar surface area (TPSA) is 95.9 Å². The van der Waals surface area contributed by atoms with Gasteiger partial charge in [0.1, 0.15) is 0 Å². The van der Waals surface area contributed by atoms with Gasteiger partial charge in [0, 0.05) is 12.8 Å². The molecule has 0 saturated heterocycles. The Balaban J connectivity index is 3.45. The summed E-state index contributed by atoms with van der Waals surface area (Å²) in [5.74, 6) is -0.0513. The molecule has 0 aliphatic rings. The highest BCUT2D eigenvalue weighted by molar-refractivity contribution is 5.76. The number of ether oxygens (including phenoxy) is 1. The van der Waals surface area contributed by atoms with Crippen LogP contribution in [0.1, 0.15) is 354 Å². The molecule has 2 unspecified atom stereocenters. The van der Waals surface area contributed by atoms with E-state index in [2.05, 4.69) is 55.6 Å². The molecule has 0 aromatic carbocycles. The fraction of sp³-hybridized carbons (Fsp3) is 0.881. The number of carbonyl (C=O) groups excluding carboxylic acids is 2. The van der Waals surface area contributed by atoms with Crippen molar-refractivity contribution in [2.24, 2.45) is 0 Å². The van der Waals surface area contributed by atoms with Crippen molar-refractivity contribution in [2.75, 3.05) is 13.2 Å². The normalized spacial score (nSPS) is 12.8. The summed E-state index contributed by atoms with van der Waals surface area (Å²) in [5.41, 5.74) is 0. The maximum absolute atomic E-state index is 12.5. The number of amides is 1. The molecule has 2 atom stereocenters. The third-order valence-corrected chi connectivity index (χ3v) is 15.2. The van der Waals surface area contributed by atoms with Crippen LogP contribution in [-0.4, -0.2) is 47.4 Å². The minimum atomic E-state index is -0.672. The molecule has 1 amide bonds. The Labute approximate surface area is 455 Å². The predicted molar refractivity (Wildman–Crippen MR) is 319 cm³/mol. The van der Waals surface area contributed by atoms with Crippen molar-refractivity contribution >= 4 is 11.9 Å². The molecule has 6 nitrogen and oxygen atoms in total. The monoisotopic (exact) mass is 1030 g/mol. The molecule has 73 heavy (non-hydrogen) atoms. The lowest BCUT2D eigenvalue weighted by Gasteiger charge is -2.22. The summed E-state index contributed by atoms with van der Waals surface area (Å²) >= 11 is 0. The lowest BCUT2D eigenvalue weighted by Crippen LogP contribution is -2.45. The van der Waals surface area contributed by atoms with E-state index in [4.69, 9.17) is 4.74 Å². The maximum Gasteiger partial charge on any atom is 0.305 e. The summed E-state index contributed by atoms with van der Waals surface area (Å²) < 4.78 is 5.47. The Morgan fingerprint density at radius 2 is 0.685 bits per heavy atom. The second-order valence-electron chi connectivity index (χ2n) is 22.4. The number of carbonyl (C=O) groups is 2. The number of allylic oxidation sites excluding steroid dienone is 6. The molecule has 0 spiro atoms. The predicted octanol–water partition coefficient (Wildman–Crippen LogP) is 20.8. The standard InChI is InChI=1S/C67H127NO5/c1-3-5-7-9-11-13-15-17-19-20-21-22-23-25-28-32-35-39-43-47-51-55-59-65(70)64(63-69)68-66(71)60-56-52-48-44-40-36-33-29-26-24-27-30-34-38-42-46-50-54-58-62-73-67(72)61-57-53-49-45-41-37-31-18-16-14-12-10-8-6-4-2/h12,14,18,24,26,31,64-65,69-70H,3-11,13,15-17,19-23,25,27-30,32-63H2,1-2H3,(H,68,71)/b14-12-,26-24-,31-18-. The highest BCUT2D eigenvalue weighted by Crippen LogP contribution is 2.18. The summed E-state index contributed by atoms with van der Waals surface area (Å²) in [5, 5.41) is 23.4. The van der Waals surface area contributed by atoms with E-state index >= 15 is 0 Å². The van der Waals surface area contributed by atoms with Gasteiger partial charge in [-0.05, 0) is 83.5 Å². The number of esters is 1. The van der Waals surface area contributed by atoms with E-state index < -0.39 is 12.1 Å². The second kappa shape index (κ2) is 62.6. The first-order chi connectivity index (χ1) is 36.0. The van der Waals surface area contributed by atoms with Crippen LogP contribution in [0.3, 0.4) is 0 Å². The summed E-state index contributed by atoms with van der Waals surface area (Å²) in [4.78, 5) is 24.6. The maximum atomic E-state index is 12.5. The van der Waals surface area contributed by atoms with E-state index in [1.54, 1.807) is 0 Å². The van der Waals surface area contributed by atoms with Crippen LogP contribution in [0, 0.1) is 0 Å². The molecule has 6 heteroatoms. The van der Waals surface area contributed by atoms with Gasteiger partial charge in [-0.3, -0.25) is 9.59 Å². The van der Waals surface area contributed by atoms with Crippen LogP contribution in [0.4, 0.5) is 0 Å². The van der Waals surface area contributed by atoms with Crippen LogP contribution in [-0.2, 0) is 14.3 Å². The summed E-state index contributed by atoms with van der Waals surface area (Å²) in [7, 11) is 0. The van der Waals surface area contributed by atoms with Crippen LogP contribution in [0.2, 0.25) is 0 Å². The van der Waals surface area contributed by atoms with E-state index in [1.807, 2.05) is 0 Å². The van der Waals surface area contributed by atoms with E-state index in [0.29, 0.717) is 25.9 Å². The molecule has 0 fully saturated rings. The Kier molecular flexibility index (Phi) is 61.0. The van der Waals surface area contributed by atoms with Crippen molar-refractivity contribution in [3.8, 4) is 0 Å². The number of unbranched alkanes of at least 4 members (excludes halogenated alkanes) is 44. The Bertz CT molecular complexity index is 1180. The van der Waals surface area contributed by atoms with Crippen LogP contribution in [0.15, 0.2) is 36.5 Å². The first-order valence-corrected chi connectivity index (χ1v) is 32.7. The molecule has 0 aliphatic heterocycles. The number of aliphatic hydroxyl groups excluding tert-OH is 2. The molecule has 0 aromatic heterocycles. The van der Waals surface area contributed by atoms with Crippen LogP contribution in [0.5, 0.6) is 0 Å². The average molecular weight is 1030 g/mol. The van der Waals surface area contributed by atoms with Gasteiger partial charge in [0.05, 0.1) is 25.4 Å². The highest BCUT2D eigenvalue weighted by Gasteiger charge is 2.20. The van der Waals surface area contributed by atoms with Crippen molar-refractivity contribution in [3.05, 3.63) is 36.5 Å². The van der Waals surface area contributed by atoms with Crippen molar-refractivity contribution in [1.82, 2.24) is 5.32 Å². The number of nitrogens with one attached hydrogen (secondary N) is 1. The van der Waals surface area contributed by atoms with Crippen molar-refractivity contribution in [1.29, 1.82) is 0 Å². The summed E-state index contributed by atoms with van der Waals surface area (Å²) in [6.07, 6.45) is 78.7. The molecule has 0 radical (unpaired) electrons. The lowest BCUT2D eigenvalue weighted by atomic mass is 10.0. The van der Waals surface area contributed by atoms with Gasteiger partial charge < -0.3 is 20.3 Å².